The number of thiophene rings is 1. The number of aliphatic imine (C=N–C) groups is 1. The summed E-state index contributed by atoms with van der Waals surface area (Å²) in [5, 5.41) is 32.0. The number of methoxy groups -OCH3 is 1. The number of carboxylic acids is 1. The molecule has 1 amide bonds. The number of rotatable bonds is 16. The lowest BCUT2D eigenvalue weighted by molar-refractivity contribution is -0.137. The van der Waals surface area contributed by atoms with Crippen LogP contribution in [0.3, 0.4) is 0 Å². The number of carbonyl (C=O) groups is 2. The standard InChI is InChI=1S/C51H54ClN9O7S2/c1-29-27-60(28-34-12-10-13-36(21-34)39(25-46(63)64)37-23-40-49(43(24-37)67-6)59(5)58-56-40)70(65,66)44-19-14-33(22-42(44)68-29)11-8-7-9-20-53-45(62)26-41-50-57-55-32(4)61(50)51-47(30(2)31(3)69-51)48(54-41)35-15-17-38(52)18-16-35/h10,12-19,21-24,29,39,41H,7-9,11,20,25-28H2,1-6H3,(H,53,62)(H,63,64)/t29-,39+,41?/m1/s1. The molecule has 2 N–H and O–H groups in total. The number of fused-ring (bicyclic) bond motifs is 5. The van der Waals surface area contributed by atoms with E-state index in [0.29, 0.717) is 63.0 Å². The van der Waals surface area contributed by atoms with Gasteiger partial charge in [0.2, 0.25) is 15.9 Å². The number of amides is 1. The molecule has 0 aliphatic carbocycles. The van der Waals surface area contributed by atoms with Crippen molar-refractivity contribution in [3.05, 3.63) is 139 Å². The molecule has 4 aromatic carbocycles. The van der Waals surface area contributed by atoms with Gasteiger partial charge in [-0.25, -0.2) is 13.1 Å². The number of sulfonamides is 1. The predicted octanol–water partition coefficient (Wildman–Crippen LogP) is 8.59. The van der Waals surface area contributed by atoms with Gasteiger partial charge in [0.15, 0.2) is 5.82 Å². The number of hydrogen-bond donors (Lipinski definition) is 2. The van der Waals surface area contributed by atoms with Crippen molar-refractivity contribution in [3.8, 4) is 16.5 Å². The van der Waals surface area contributed by atoms with E-state index in [1.807, 2.05) is 85.1 Å². The minimum absolute atomic E-state index is 0.0583. The summed E-state index contributed by atoms with van der Waals surface area (Å²) >= 11 is 7.93. The van der Waals surface area contributed by atoms with Gasteiger partial charge < -0.3 is 19.9 Å². The molecule has 0 radical (unpaired) electrons. The van der Waals surface area contributed by atoms with E-state index in [4.69, 9.17) is 26.1 Å². The highest BCUT2D eigenvalue weighted by atomic mass is 35.5. The first kappa shape index (κ1) is 48.5. The van der Waals surface area contributed by atoms with E-state index >= 15 is 0 Å². The lowest BCUT2D eigenvalue weighted by atomic mass is 9.87. The van der Waals surface area contributed by atoms with Crippen LogP contribution in [0, 0.1) is 20.8 Å². The number of halogens is 1. The maximum Gasteiger partial charge on any atom is 0.304 e. The summed E-state index contributed by atoms with van der Waals surface area (Å²) in [5.41, 5.74) is 8.17. The third kappa shape index (κ3) is 9.82. The first-order chi connectivity index (χ1) is 33.6. The van der Waals surface area contributed by atoms with Crippen molar-refractivity contribution >= 4 is 61.6 Å². The molecular weight excluding hydrogens is 950 g/mol. The van der Waals surface area contributed by atoms with Gasteiger partial charge in [0.1, 0.15) is 50.4 Å². The smallest absolute Gasteiger partial charge is 0.304 e. The van der Waals surface area contributed by atoms with Crippen LogP contribution in [0.1, 0.15) is 106 Å². The van der Waals surface area contributed by atoms with E-state index in [9.17, 15) is 23.1 Å². The van der Waals surface area contributed by atoms with Crippen molar-refractivity contribution in [2.24, 2.45) is 12.0 Å². The van der Waals surface area contributed by atoms with E-state index in [1.165, 1.54) is 9.18 Å². The number of aliphatic carboxylic acids is 1. The zero-order chi connectivity index (χ0) is 49.4. The first-order valence-electron chi connectivity index (χ1n) is 23.2. The number of ether oxygens (including phenoxy) is 2. The first-order valence-corrected chi connectivity index (χ1v) is 25.8. The predicted molar refractivity (Wildman–Crippen MR) is 268 cm³/mol. The molecule has 1 unspecified atom stereocenters. The second-order valence-corrected chi connectivity index (χ2v) is 21.5. The van der Waals surface area contributed by atoms with Crippen LogP contribution in [-0.4, -0.2) is 91.5 Å². The van der Waals surface area contributed by atoms with Gasteiger partial charge in [0.05, 0.1) is 32.2 Å². The van der Waals surface area contributed by atoms with Gasteiger partial charge in [0, 0.05) is 47.1 Å². The monoisotopic (exact) mass is 1000 g/mol. The zero-order valence-corrected chi connectivity index (χ0v) is 42.2. The Balaban J connectivity index is 0.824. The van der Waals surface area contributed by atoms with Gasteiger partial charge in [-0.2, -0.15) is 4.31 Å². The Morgan fingerprint density at radius 3 is 2.54 bits per heavy atom. The van der Waals surface area contributed by atoms with E-state index in [-0.39, 0.29) is 36.7 Å². The second-order valence-electron chi connectivity index (χ2n) is 18.0. The molecule has 9 rings (SSSR count). The van der Waals surface area contributed by atoms with E-state index in [1.54, 1.807) is 42.3 Å². The Morgan fingerprint density at radius 2 is 1.77 bits per heavy atom. The second kappa shape index (κ2) is 20.1. The van der Waals surface area contributed by atoms with Crippen LogP contribution in [0.25, 0.3) is 16.0 Å². The fourth-order valence-corrected chi connectivity index (χ4v) is 12.4. The highest BCUT2D eigenvalue weighted by molar-refractivity contribution is 7.89. The Morgan fingerprint density at radius 1 is 0.971 bits per heavy atom. The van der Waals surface area contributed by atoms with Gasteiger partial charge in [0.25, 0.3) is 0 Å². The molecule has 5 heterocycles. The van der Waals surface area contributed by atoms with E-state index < -0.39 is 34.1 Å². The molecule has 2 aliphatic rings. The molecule has 70 heavy (non-hydrogen) atoms. The number of unbranched alkanes of at least 4 members (excludes halogenated alkanes) is 2. The topological polar surface area (TPSA) is 196 Å². The number of benzene rings is 4. The summed E-state index contributed by atoms with van der Waals surface area (Å²) in [4.78, 5) is 32.2. The zero-order valence-electron chi connectivity index (χ0n) is 39.8. The van der Waals surface area contributed by atoms with Crippen molar-refractivity contribution in [2.75, 3.05) is 20.2 Å². The molecule has 19 heteroatoms. The molecular formula is C51H54ClN9O7S2. The highest BCUT2D eigenvalue weighted by Crippen LogP contribution is 2.41. The van der Waals surface area contributed by atoms with Crippen LogP contribution in [-0.2, 0) is 39.6 Å². The number of nitrogens with zero attached hydrogens (tertiary/aromatic N) is 8. The summed E-state index contributed by atoms with van der Waals surface area (Å²) < 4.78 is 45.6. The third-order valence-corrected chi connectivity index (χ3v) is 16.3. The van der Waals surface area contributed by atoms with Crippen LogP contribution in [0.15, 0.2) is 88.8 Å². The van der Waals surface area contributed by atoms with Crippen LogP contribution < -0.4 is 14.8 Å². The van der Waals surface area contributed by atoms with Crippen LogP contribution >= 0.6 is 22.9 Å². The number of carboxylic acid groups (broad SMARTS) is 1. The molecule has 3 aromatic heterocycles. The number of hydrogen-bond acceptors (Lipinski definition) is 12. The lowest BCUT2D eigenvalue weighted by Gasteiger charge is -2.23. The summed E-state index contributed by atoms with van der Waals surface area (Å²) in [7, 11) is -0.683. The molecule has 3 atom stereocenters. The Bertz CT molecular complexity index is 3270. The van der Waals surface area contributed by atoms with Crippen molar-refractivity contribution in [2.45, 2.75) is 95.7 Å². The molecule has 0 saturated heterocycles. The summed E-state index contributed by atoms with van der Waals surface area (Å²) in [6, 6.07) is 23.3. The van der Waals surface area contributed by atoms with Crippen molar-refractivity contribution < 1.29 is 32.6 Å². The Hall–Kier alpha value is -6.47. The summed E-state index contributed by atoms with van der Waals surface area (Å²) in [6.45, 7) is 8.62. The molecule has 0 spiro atoms. The lowest BCUT2D eigenvalue weighted by Crippen LogP contribution is -2.35. The molecule has 7 aromatic rings. The highest BCUT2D eigenvalue weighted by Gasteiger charge is 2.35. The average Bonchev–Trinajstić information content (AvgIpc) is 3.95. The van der Waals surface area contributed by atoms with Crippen molar-refractivity contribution in [1.29, 1.82) is 0 Å². The molecule has 16 nitrogen and oxygen atoms in total. The summed E-state index contributed by atoms with van der Waals surface area (Å²) in [5.74, 6) is 0.512. The van der Waals surface area contributed by atoms with Crippen LogP contribution in [0.5, 0.6) is 11.5 Å². The average molecular weight is 1000 g/mol. The maximum absolute atomic E-state index is 14.3. The molecule has 2 aliphatic heterocycles. The van der Waals surface area contributed by atoms with Gasteiger partial charge in [-0.15, -0.1) is 26.6 Å². The minimum atomic E-state index is -3.99. The maximum atomic E-state index is 14.3. The fraction of sp³-hybridized carbons (Fsp3) is 0.353. The van der Waals surface area contributed by atoms with Gasteiger partial charge in [-0.05, 0) is 111 Å². The molecule has 364 valence electrons. The Kier molecular flexibility index (Phi) is 13.9. The van der Waals surface area contributed by atoms with E-state index in [2.05, 4.69) is 39.7 Å². The molecule has 0 fully saturated rings. The SMILES string of the molecule is COc1cc([C@@H](CC(=O)O)c2cccc(CN3C[C@@H](C)Oc4cc(CCCCCNC(=O)CC5N=C(c6ccc(Cl)cc6)c6c(sc(C)c6C)-n6c(C)nnc65)ccc4S3(=O)=O)c2)cc2nnn(C)c12. The van der Waals surface area contributed by atoms with E-state index in [0.717, 1.165) is 58.1 Å². The third-order valence-electron chi connectivity index (χ3n) is 13.0. The number of aromatic nitrogens is 6. The fourth-order valence-electron chi connectivity index (χ4n) is 9.43. The van der Waals surface area contributed by atoms with Crippen LogP contribution in [0.2, 0.25) is 5.02 Å². The summed E-state index contributed by atoms with van der Waals surface area (Å²) in [6.07, 6.45) is 2.57. The largest absolute Gasteiger partial charge is 0.494 e. The molecule has 0 saturated carbocycles. The minimum Gasteiger partial charge on any atom is -0.494 e. The van der Waals surface area contributed by atoms with Crippen molar-refractivity contribution in [1.82, 2.24) is 39.4 Å². The van der Waals surface area contributed by atoms with Crippen LogP contribution in [0.4, 0.5) is 0 Å². The quantitative estimate of drug-likeness (QED) is 0.0880. The van der Waals surface area contributed by atoms with Gasteiger partial charge in [-0.3, -0.25) is 19.1 Å². The molecule has 0 bridgehead atoms. The Labute approximate surface area is 415 Å². The number of aryl methyl sites for hydroxylation is 4. The number of carbonyl (C=O) groups excluding carboxylic acids is 1. The number of nitrogens with one attached hydrogen (secondary N) is 1. The van der Waals surface area contributed by atoms with Gasteiger partial charge >= 0.3 is 5.97 Å². The normalized spacial score (nSPS) is 16.8. The van der Waals surface area contributed by atoms with Crippen molar-refractivity contribution in [3.63, 3.8) is 0 Å². The van der Waals surface area contributed by atoms with Gasteiger partial charge in [-0.1, -0.05) is 65.7 Å².